The second kappa shape index (κ2) is 10.4. The highest BCUT2D eigenvalue weighted by Crippen LogP contribution is 2.25. The minimum atomic E-state index is -3.94. The monoisotopic (exact) mass is 514 g/mol. The van der Waals surface area contributed by atoms with Gasteiger partial charge in [-0.05, 0) is 57.9 Å². The summed E-state index contributed by atoms with van der Waals surface area (Å²) in [5, 5.41) is 3.98. The third-order valence-electron chi connectivity index (χ3n) is 4.52. The fourth-order valence-electron chi connectivity index (χ4n) is 2.94. The predicted molar refractivity (Wildman–Crippen MR) is 132 cm³/mol. The molecule has 3 aromatic carbocycles. The molecule has 0 bridgehead atoms. The summed E-state index contributed by atoms with van der Waals surface area (Å²) in [6.07, 6.45) is 1.50. The molecule has 7 nitrogen and oxygen atoms in total. The van der Waals surface area contributed by atoms with Crippen LogP contribution in [0.2, 0.25) is 0 Å². The minimum absolute atomic E-state index is 0.103. The van der Waals surface area contributed by atoms with E-state index < -0.39 is 22.5 Å². The first-order valence-corrected chi connectivity index (χ1v) is 11.9. The smallest absolute Gasteiger partial charge is 0.264 e. The van der Waals surface area contributed by atoms with Crippen molar-refractivity contribution in [3.05, 3.63) is 88.9 Å². The van der Waals surface area contributed by atoms with Gasteiger partial charge in [-0.1, -0.05) is 42.5 Å². The largest absolute Gasteiger partial charge is 0.377 e. The quantitative estimate of drug-likeness (QED) is 0.365. The molecule has 0 saturated carbocycles. The van der Waals surface area contributed by atoms with Crippen LogP contribution >= 0.6 is 15.9 Å². The zero-order chi connectivity index (χ0) is 23.1. The molecule has 1 N–H and O–H groups in total. The summed E-state index contributed by atoms with van der Waals surface area (Å²) in [5.74, 6) is -0.561. The van der Waals surface area contributed by atoms with E-state index in [2.05, 4.69) is 26.5 Å². The SMILES string of the molecule is CN(C)c1ccc(/C=N\NC(=O)CN(c2ccccc2)S(=O)(=O)c2ccccc2)cc1Br. The molecule has 0 saturated heterocycles. The normalized spacial score (nSPS) is 11.3. The van der Waals surface area contributed by atoms with Crippen molar-refractivity contribution >= 4 is 49.4 Å². The number of para-hydroxylation sites is 1. The second-order valence-electron chi connectivity index (χ2n) is 7.06. The van der Waals surface area contributed by atoms with Gasteiger partial charge in [0.1, 0.15) is 6.54 Å². The Hall–Kier alpha value is -3.17. The number of hydrogen-bond donors (Lipinski definition) is 1. The molecule has 0 aliphatic heterocycles. The number of carbonyl (C=O) groups is 1. The first-order chi connectivity index (χ1) is 15.3. The van der Waals surface area contributed by atoms with E-state index in [9.17, 15) is 13.2 Å². The molecule has 9 heteroatoms. The summed E-state index contributed by atoms with van der Waals surface area (Å²) < 4.78 is 28.3. The Morgan fingerprint density at radius 1 is 1.00 bits per heavy atom. The minimum Gasteiger partial charge on any atom is -0.377 e. The van der Waals surface area contributed by atoms with Crippen molar-refractivity contribution in [3.8, 4) is 0 Å². The first-order valence-electron chi connectivity index (χ1n) is 9.70. The van der Waals surface area contributed by atoms with Gasteiger partial charge in [-0.15, -0.1) is 0 Å². The van der Waals surface area contributed by atoms with Gasteiger partial charge in [0, 0.05) is 18.6 Å². The van der Waals surface area contributed by atoms with Crippen LogP contribution in [0.5, 0.6) is 0 Å². The Kier molecular flexibility index (Phi) is 7.66. The van der Waals surface area contributed by atoms with Gasteiger partial charge in [0.05, 0.1) is 22.5 Å². The molecule has 32 heavy (non-hydrogen) atoms. The molecule has 0 aliphatic rings. The van der Waals surface area contributed by atoms with Gasteiger partial charge in [0.25, 0.3) is 15.9 Å². The lowest BCUT2D eigenvalue weighted by atomic mass is 10.2. The number of nitrogens with one attached hydrogen (secondary N) is 1. The Labute approximate surface area is 196 Å². The number of hydrogen-bond acceptors (Lipinski definition) is 5. The lowest BCUT2D eigenvalue weighted by Crippen LogP contribution is -2.39. The zero-order valence-electron chi connectivity index (χ0n) is 17.6. The van der Waals surface area contributed by atoms with Gasteiger partial charge in [-0.2, -0.15) is 5.10 Å². The number of rotatable bonds is 8. The van der Waals surface area contributed by atoms with Gasteiger partial charge >= 0.3 is 0 Å². The maximum absolute atomic E-state index is 13.2. The van der Waals surface area contributed by atoms with Gasteiger partial charge in [0.2, 0.25) is 0 Å². The lowest BCUT2D eigenvalue weighted by molar-refractivity contribution is -0.119. The number of carbonyl (C=O) groups excluding carboxylic acids is 1. The summed E-state index contributed by atoms with van der Waals surface area (Å²) in [7, 11) is -0.0541. The van der Waals surface area contributed by atoms with Crippen LogP contribution in [0.4, 0.5) is 11.4 Å². The van der Waals surface area contributed by atoms with Crippen molar-refractivity contribution in [2.24, 2.45) is 5.10 Å². The van der Waals surface area contributed by atoms with E-state index in [1.54, 1.807) is 48.5 Å². The standard InChI is InChI=1S/C23H23BrN4O3S/c1-27(2)22-14-13-18(15-21(22)24)16-25-26-23(29)17-28(19-9-5-3-6-10-19)32(30,31)20-11-7-4-8-12-20/h3-16H,17H2,1-2H3,(H,26,29)/b25-16-. The molecular formula is C23H23BrN4O3S. The number of benzene rings is 3. The van der Waals surface area contributed by atoms with Crippen LogP contribution in [-0.2, 0) is 14.8 Å². The highest BCUT2D eigenvalue weighted by atomic mass is 79.9. The van der Waals surface area contributed by atoms with Crippen molar-refractivity contribution in [2.45, 2.75) is 4.90 Å². The Morgan fingerprint density at radius 2 is 1.62 bits per heavy atom. The predicted octanol–water partition coefficient (Wildman–Crippen LogP) is 3.86. The van der Waals surface area contributed by atoms with E-state index in [-0.39, 0.29) is 4.90 Å². The molecule has 1 amide bonds. The molecule has 0 unspecified atom stereocenters. The van der Waals surface area contributed by atoms with Crippen LogP contribution in [0.15, 0.2) is 93.3 Å². The van der Waals surface area contributed by atoms with E-state index in [0.717, 1.165) is 20.0 Å². The van der Waals surface area contributed by atoms with E-state index >= 15 is 0 Å². The number of hydrazone groups is 1. The molecule has 166 valence electrons. The van der Waals surface area contributed by atoms with Crippen LogP contribution in [0.25, 0.3) is 0 Å². The first kappa shape index (κ1) is 23.5. The van der Waals surface area contributed by atoms with Crippen LogP contribution < -0.4 is 14.6 Å². The van der Waals surface area contributed by atoms with Gasteiger partial charge < -0.3 is 4.90 Å². The summed E-state index contributed by atoms with van der Waals surface area (Å²) in [6, 6.07) is 22.2. The summed E-state index contributed by atoms with van der Waals surface area (Å²) in [6.45, 7) is -0.415. The maximum Gasteiger partial charge on any atom is 0.264 e. The Balaban J connectivity index is 1.76. The van der Waals surface area contributed by atoms with Crippen LogP contribution in [-0.4, -0.2) is 41.2 Å². The highest BCUT2D eigenvalue weighted by Gasteiger charge is 2.26. The van der Waals surface area contributed by atoms with E-state index in [1.807, 2.05) is 37.2 Å². The molecule has 0 atom stereocenters. The van der Waals surface area contributed by atoms with Crippen LogP contribution in [0.1, 0.15) is 5.56 Å². The topological polar surface area (TPSA) is 82.1 Å². The third kappa shape index (κ3) is 5.74. The number of halogens is 1. The molecule has 3 rings (SSSR count). The molecule has 0 fully saturated rings. The maximum atomic E-state index is 13.2. The molecule has 0 aromatic heterocycles. The lowest BCUT2D eigenvalue weighted by Gasteiger charge is -2.23. The fraction of sp³-hybridized carbons (Fsp3) is 0.130. The highest BCUT2D eigenvalue weighted by molar-refractivity contribution is 9.10. The summed E-state index contributed by atoms with van der Waals surface area (Å²) >= 11 is 3.51. The van der Waals surface area contributed by atoms with Crippen molar-refractivity contribution in [2.75, 3.05) is 29.8 Å². The van der Waals surface area contributed by atoms with Crippen molar-refractivity contribution in [3.63, 3.8) is 0 Å². The summed E-state index contributed by atoms with van der Waals surface area (Å²) in [4.78, 5) is 14.6. The summed E-state index contributed by atoms with van der Waals surface area (Å²) in [5.41, 5.74) is 4.59. The van der Waals surface area contributed by atoms with Crippen molar-refractivity contribution in [1.82, 2.24) is 5.43 Å². The number of sulfonamides is 1. The van der Waals surface area contributed by atoms with E-state index in [0.29, 0.717) is 5.69 Å². The Morgan fingerprint density at radius 3 is 2.22 bits per heavy atom. The molecular weight excluding hydrogens is 492 g/mol. The second-order valence-corrected chi connectivity index (χ2v) is 9.78. The van der Waals surface area contributed by atoms with Gasteiger partial charge in [-0.3, -0.25) is 9.10 Å². The van der Waals surface area contributed by atoms with Crippen molar-refractivity contribution in [1.29, 1.82) is 0 Å². The number of anilines is 2. The van der Waals surface area contributed by atoms with Crippen LogP contribution in [0.3, 0.4) is 0 Å². The third-order valence-corrected chi connectivity index (χ3v) is 6.94. The number of nitrogens with zero attached hydrogens (tertiary/aromatic N) is 3. The molecule has 3 aromatic rings. The fourth-order valence-corrected chi connectivity index (χ4v) is 5.13. The zero-order valence-corrected chi connectivity index (χ0v) is 20.0. The van der Waals surface area contributed by atoms with E-state index in [4.69, 9.17) is 0 Å². The number of amides is 1. The van der Waals surface area contributed by atoms with Gasteiger partial charge in [-0.25, -0.2) is 13.8 Å². The molecule has 0 aliphatic carbocycles. The van der Waals surface area contributed by atoms with Crippen molar-refractivity contribution < 1.29 is 13.2 Å². The average molecular weight is 515 g/mol. The Bertz CT molecular complexity index is 1200. The van der Waals surface area contributed by atoms with Crippen LogP contribution in [0, 0.1) is 0 Å². The molecule has 0 radical (unpaired) electrons. The molecule has 0 heterocycles. The molecule has 0 spiro atoms. The van der Waals surface area contributed by atoms with Gasteiger partial charge in [0.15, 0.2) is 0 Å². The average Bonchev–Trinajstić information content (AvgIpc) is 2.78. The van der Waals surface area contributed by atoms with E-state index in [1.165, 1.54) is 18.3 Å².